The first-order chi connectivity index (χ1) is 9.63. The summed E-state index contributed by atoms with van der Waals surface area (Å²) in [7, 11) is 0. The molecule has 2 aliphatic heterocycles. The maximum atomic E-state index is 14.0. The summed E-state index contributed by atoms with van der Waals surface area (Å²) >= 11 is 0. The summed E-state index contributed by atoms with van der Waals surface area (Å²) in [5.41, 5.74) is 1.46. The fourth-order valence-corrected chi connectivity index (χ4v) is 2.62. The van der Waals surface area contributed by atoms with E-state index in [1.165, 1.54) is 12.1 Å². The van der Waals surface area contributed by atoms with Crippen LogP contribution in [0.15, 0.2) is 12.1 Å². The van der Waals surface area contributed by atoms with Gasteiger partial charge in [-0.15, -0.1) is 0 Å². The Balaban J connectivity index is 1.80. The molecule has 1 atom stereocenters. The Morgan fingerprint density at radius 2 is 2.20 bits per heavy atom. The van der Waals surface area contributed by atoms with Gasteiger partial charge in [0.05, 0.1) is 11.7 Å². The molecular weight excluding hydrogens is 261 g/mol. The number of carbonyl (C=O) groups is 2. The van der Waals surface area contributed by atoms with Crippen LogP contribution in [0.1, 0.15) is 24.8 Å². The summed E-state index contributed by atoms with van der Waals surface area (Å²) in [5, 5.41) is 8.35. The third-order valence-corrected chi connectivity index (χ3v) is 3.72. The van der Waals surface area contributed by atoms with E-state index < -0.39 is 5.82 Å². The minimum absolute atomic E-state index is 0.0844. The molecule has 2 heterocycles. The Morgan fingerprint density at radius 1 is 1.35 bits per heavy atom. The SMILES string of the molecule is O=C1CCc2cc(F)c(NC(=O)[C@@H]3CCCN3)cc2N1. The number of hydrogen-bond acceptors (Lipinski definition) is 3. The van der Waals surface area contributed by atoms with E-state index in [4.69, 9.17) is 0 Å². The van der Waals surface area contributed by atoms with Crippen molar-refractivity contribution >= 4 is 23.2 Å². The predicted molar refractivity (Wildman–Crippen MR) is 73.0 cm³/mol. The highest BCUT2D eigenvalue weighted by Gasteiger charge is 2.24. The van der Waals surface area contributed by atoms with E-state index in [9.17, 15) is 14.0 Å². The third-order valence-electron chi connectivity index (χ3n) is 3.72. The van der Waals surface area contributed by atoms with Crippen molar-refractivity contribution in [3.05, 3.63) is 23.5 Å². The fourth-order valence-electron chi connectivity index (χ4n) is 2.62. The van der Waals surface area contributed by atoms with Crippen molar-refractivity contribution in [3.63, 3.8) is 0 Å². The molecule has 2 amide bonds. The lowest BCUT2D eigenvalue weighted by Gasteiger charge is -2.19. The molecule has 1 saturated heterocycles. The number of amides is 2. The monoisotopic (exact) mass is 277 g/mol. The second-order valence-corrected chi connectivity index (χ2v) is 5.18. The summed E-state index contributed by atoms with van der Waals surface area (Å²) in [6.45, 7) is 0.806. The van der Waals surface area contributed by atoms with E-state index in [0.29, 0.717) is 18.5 Å². The average molecular weight is 277 g/mol. The summed E-state index contributed by atoms with van der Waals surface area (Å²) in [5.74, 6) is -0.784. The van der Waals surface area contributed by atoms with Gasteiger partial charge in [-0.2, -0.15) is 0 Å². The normalized spacial score (nSPS) is 21.2. The topological polar surface area (TPSA) is 70.2 Å². The number of anilines is 2. The second-order valence-electron chi connectivity index (χ2n) is 5.18. The summed E-state index contributed by atoms with van der Waals surface area (Å²) in [6.07, 6.45) is 2.59. The molecule has 0 spiro atoms. The zero-order valence-electron chi connectivity index (χ0n) is 11.0. The molecule has 2 aliphatic rings. The number of hydrogen-bond donors (Lipinski definition) is 3. The van der Waals surface area contributed by atoms with Crippen LogP contribution in [-0.2, 0) is 16.0 Å². The van der Waals surface area contributed by atoms with Crippen molar-refractivity contribution < 1.29 is 14.0 Å². The van der Waals surface area contributed by atoms with Crippen LogP contribution >= 0.6 is 0 Å². The van der Waals surface area contributed by atoms with Gasteiger partial charge in [0.15, 0.2) is 0 Å². The van der Waals surface area contributed by atoms with Gasteiger partial charge in [-0.05, 0) is 43.5 Å². The third kappa shape index (κ3) is 2.51. The zero-order chi connectivity index (χ0) is 14.1. The van der Waals surface area contributed by atoms with Gasteiger partial charge < -0.3 is 16.0 Å². The van der Waals surface area contributed by atoms with E-state index in [1.807, 2.05) is 0 Å². The number of benzene rings is 1. The van der Waals surface area contributed by atoms with E-state index in [2.05, 4.69) is 16.0 Å². The van der Waals surface area contributed by atoms with Crippen LogP contribution in [0.5, 0.6) is 0 Å². The molecule has 0 bridgehead atoms. The van der Waals surface area contributed by atoms with Crippen LogP contribution in [0.2, 0.25) is 0 Å². The lowest BCUT2D eigenvalue weighted by atomic mass is 10.0. The second kappa shape index (κ2) is 5.20. The quantitative estimate of drug-likeness (QED) is 0.765. The predicted octanol–water partition coefficient (Wildman–Crippen LogP) is 1.40. The van der Waals surface area contributed by atoms with Crippen molar-refractivity contribution in [1.29, 1.82) is 0 Å². The van der Waals surface area contributed by atoms with Crippen LogP contribution in [0.25, 0.3) is 0 Å². The van der Waals surface area contributed by atoms with Crippen LogP contribution in [0.3, 0.4) is 0 Å². The molecule has 0 saturated carbocycles. The molecule has 3 N–H and O–H groups in total. The lowest BCUT2D eigenvalue weighted by Crippen LogP contribution is -2.35. The zero-order valence-corrected chi connectivity index (χ0v) is 11.0. The van der Waals surface area contributed by atoms with E-state index >= 15 is 0 Å². The first kappa shape index (κ1) is 13.1. The maximum Gasteiger partial charge on any atom is 0.241 e. The highest BCUT2D eigenvalue weighted by molar-refractivity contribution is 5.98. The number of halogens is 1. The number of nitrogens with one attached hydrogen (secondary N) is 3. The van der Waals surface area contributed by atoms with Gasteiger partial charge in [0.2, 0.25) is 11.8 Å². The molecule has 1 aromatic carbocycles. The van der Waals surface area contributed by atoms with Crippen molar-refractivity contribution in [2.24, 2.45) is 0 Å². The highest BCUT2D eigenvalue weighted by atomic mass is 19.1. The molecule has 106 valence electrons. The number of rotatable bonds is 2. The fraction of sp³-hybridized carbons (Fsp3) is 0.429. The van der Waals surface area contributed by atoms with Gasteiger partial charge in [0.1, 0.15) is 5.82 Å². The summed E-state index contributed by atoms with van der Waals surface area (Å²) in [6, 6.07) is 2.61. The Morgan fingerprint density at radius 3 is 2.95 bits per heavy atom. The molecule has 6 heteroatoms. The minimum atomic E-state index is -0.466. The van der Waals surface area contributed by atoms with Gasteiger partial charge in [0, 0.05) is 12.1 Å². The maximum absolute atomic E-state index is 14.0. The lowest BCUT2D eigenvalue weighted by molar-refractivity contribution is -0.118. The van der Waals surface area contributed by atoms with Crippen molar-refractivity contribution in [3.8, 4) is 0 Å². The largest absolute Gasteiger partial charge is 0.326 e. The Hall–Kier alpha value is -1.95. The molecule has 3 rings (SSSR count). The number of fused-ring (bicyclic) bond motifs is 1. The minimum Gasteiger partial charge on any atom is -0.326 e. The Kier molecular flexibility index (Phi) is 3.40. The number of carbonyl (C=O) groups excluding carboxylic acids is 2. The first-order valence-electron chi connectivity index (χ1n) is 6.80. The molecule has 5 nitrogen and oxygen atoms in total. The highest BCUT2D eigenvalue weighted by Crippen LogP contribution is 2.28. The first-order valence-corrected chi connectivity index (χ1v) is 6.80. The van der Waals surface area contributed by atoms with Crippen molar-refractivity contribution in [1.82, 2.24) is 5.32 Å². The van der Waals surface area contributed by atoms with Crippen molar-refractivity contribution in [2.75, 3.05) is 17.2 Å². The van der Waals surface area contributed by atoms with E-state index in [-0.39, 0.29) is 23.5 Å². The molecular formula is C14H16FN3O2. The average Bonchev–Trinajstić information content (AvgIpc) is 2.94. The molecule has 0 aliphatic carbocycles. The van der Waals surface area contributed by atoms with Gasteiger partial charge in [0.25, 0.3) is 0 Å². The summed E-state index contributed by atoms with van der Waals surface area (Å²) < 4.78 is 14.0. The number of aryl methyl sites for hydroxylation is 1. The van der Waals surface area contributed by atoms with Gasteiger partial charge in [-0.1, -0.05) is 0 Å². The Bertz CT molecular complexity index is 568. The molecule has 0 radical (unpaired) electrons. The standard InChI is InChI=1S/C14H16FN3O2/c15-9-6-8-3-4-13(19)17-11(8)7-12(9)18-14(20)10-2-1-5-16-10/h6-7,10,16H,1-5H2,(H,17,19)(H,18,20)/t10-/m0/s1. The molecule has 0 aromatic heterocycles. The van der Waals surface area contributed by atoms with Crippen LogP contribution < -0.4 is 16.0 Å². The van der Waals surface area contributed by atoms with Crippen molar-refractivity contribution in [2.45, 2.75) is 31.7 Å². The molecule has 1 aromatic rings. The smallest absolute Gasteiger partial charge is 0.241 e. The van der Waals surface area contributed by atoms with Gasteiger partial charge in [-0.3, -0.25) is 9.59 Å². The van der Waals surface area contributed by atoms with E-state index in [0.717, 1.165) is 24.9 Å². The van der Waals surface area contributed by atoms with Gasteiger partial charge in [-0.25, -0.2) is 4.39 Å². The van der Waals surface area contributed by atoms with E-state index in [1.54, 1.807) is 0 Å². The summed E-state index contributed by atoms with van der Waals surface area (Å²) in [4.78, 5) is 23.3. The molecule has 1 fully saturated rings. The van der Waals surface area contributed by atoms with Gasteiger partial charge >= 0.3 is 0 Å². The van der Waals surface area contributed by atoms with Crippen LogP contribution in [0.4, 0.5) is 15.8 Å². The van der Waals surface area contributed by atoms with Crippen LogP contribution in [-0.4, -0.2) is 24.4 Å². The van der Waals surface area contributed by atoms with Crippen LogP contribution in [0, 0.1) is 5.82 Å². The molecule has 0 unspecified atom stereocenters. The Labute approximate surface area is 115 Å². The molecule has 20 heavy (non-hydrogen) atoms.